The average molecular weight is 335 g/mol. The molecular formula is C18H19ClO2S. The molecule has 0 aliphatic carbocycles. The van der Waals surface area contributed by atoms with E-state index in [4.69, 9.17) is 29.2 Å². The normalized spacial score (nSPS) is 14.0. The van der Waals surface area contributed by atoms with Crippen molar-refractivity contribution in [3.05, 3.63) is 33.0 Å². The van der Waals surface area contributed by atoms with Gasteiger partial charge in [0.15, 0.2) is 6.10 Å². The van der Waals surface area contributed by atoms with E-state index in [2.05, 4.69) is 11.8 Å². The summed E-state index contributed by atoms with van der Waals surface area (Å²) in [4.78, 5) is 13.4. The quantitative estimate of drug-likeness (QED) is 0.430. The molecule has 1 heterocycles. The molecule has 0 fully saturated rings. The Morgan fingerprint density at radius 3 is 2.59 bits per heavy atom. The number of rotatable bonds is 6. The van der Waals surface area contributed by atoms with Gasteiger partial charge in [-0.3, -0.25) is 4.79 Å². The van der Waals surface area contributed by atoms with E-state index in [0.717, 1.165) is 10.5 Å². The van der Waals surface area contributed by atoms with Gasteiger partial charge in [0.25, 0.3) is 0 Å². The summed E-state index contributed by atoms with van der Waals surface area (Å²) in [5, 5.41) is 0. The van der Waals surface area contributed by atoms with Crippen molar-refractivity contribution < 1.29 is 9.53 Å². The number of halogens is 1. The minimum absolute atomic E-state index is 0.0793. The summed E-state index contributed by atoms with van der Waals surface area (Å²) < 4.78 is 6.14. The summed E-state index contributed by atoms with van der Waals surface area (Å²) >= 11 is 7.34. The number of carbonyl (C=O) groups excluding carboxylic acids is 1. The van der Waals surface area contributed by atoms with E-state index in [1.54, 1.807) is 12.1 Å². The first-order chi connectivity index (χ1) is 10.4. The Bertz CT molecular complexity index is 628. The van der Waals surface area contributed by atoms with E-state index in [0.29, 0.717) is 10.8 Å². The number of allylic oxidation sites excluding steroid dienone is 1. The molecule has 0 aromatic carbocycles. The Morgan fingerprint density at radius 2 is 2.14 bits per heavy atom. The topological polar surface area (TPSA) is 26.3 Å². The average Bonchev–Trinajstić information content (AvgIpc) is 2.87. The van der Waals surface area contributed by atoms with E-state index in [1.807, 2.05) is 26.8 Å². The van der Waals surface area contributed by atoms with Gasteiger partial charge in [-0.2, -0.15) is 0 Å². The molecule has 0 aliphatic heterocycles. The maximum atomic E-state index is 12.5. The number of esters is 1. The molecule has 0 aliphatic rings. The van der Waals surface area contributed by atoms with E-state index >= 15 is 0 Å². The van der Waals surface area contributed by atoms with Crippen LogP contribution in [0.4, 0.5) is 0 Å². The highest BCUT2D eigenvalue weighted by Gasteiger charge is 2.29. The SMILES string of the molecule is C#CCC=C(C)C(C#C)OC(=O)C(c1ccc(Cl)s1)C(C)C. The Hall–Kier alpha value is -1.68. The van der Waals surface area contributed by atoms with Crippen molar-refractivity contribution in [2.45, 2.75) is 39.2 Å². The van der Waals surface area contributed by atoms with Crippen molar-refractivity contribution in [3.63, 3.8) is 0 Å². The Balaban J connectivity index is 2.92. The zero-order valence-corrected chi connectivity index (χ0v) is 14.5. The number of thiophene rings is 1. The van der Waals surface area contributed by atoms with Crippen LogP contribution in [-0.2, 0) is 9.53 Å². The predicted octanol–water partition coefficient (Wildman–Crippen LogP) is 4.66. The number of carbonyl (C=O) groups is 1. The minimum Gasteiger partial charge on any atom is -0.444 e. The molecule has 1 aromatic heterocycles. The molecule has 0 amide bonds. The second kappa shape index (κ2) is 8.69. The van der Waals surface area contributed by atoms with Gasteiger partial charge in [0, 0.05) is 11.3 Å². The highest BCUT2D eigenvalue weighted by Crippen LogP contribution is 2.34. The lowest BCUT2D eigenvalue weighted by Crippen LogP contribution is -2.25. The molecule has 1 rings (SSSR count). The van der Waals surface area contributed by atoms with Crippen molar-refractivity contribution in [2.24, 2.45) is 5.92 Å². The zero-order chi connectivity index (χ0) is 16.7. The fourth-order valence-electron chi connectivity index (χ4n) is 1.99. The second-order valence-corrected chi connectivity index (χ2v) is 6.95. The largest absolute Gasteiger partial charge is 0.444 e. The molecule has 0 bridgehead atoms. The van der Waals surface area contributed by atoms with Crippen molar-refractivity contribution >= 4 is 28.9 Å². The summed E-state index contributed by atoms with van der Waals surface area (Å²) in [6.07, 6.45) is 12.2. The van der Waals surface area contributed by atoms with Crippen LogP contribution in [0.15, 0.2) is 23.8 Å². The smallest absolute Gasteiger partial charge is 0.316 e. The molecule has 2 unspecified atom stereocenters. The molecule has 0 spiro atoms. The Labute approximate surface area is 141 Å². The van der Waals surface area contributed by atoms with Gasteiger partial charge in [0.2, 0.25) is 0 Å². The number of terminal acetylenes is 2. The first-order valence-electron chi connectivity index (χ1n) is 6.92. The highest BCUT2D eigenvalue weighted by molar-refractivity contribution is 7.16. The van der Waals surface area contributed by atoms with Crippen LogP contribution in [0, 0.1) is 30.6 Å². The zero-order valence-electron chi connectivity index (χ0n) is 12.9. The van der Waals surface area contributed by atoms with Crippen molar-refractivity contribution in [1.29, 1.82) is 0 Å². The molecule has 2 nitrogen and oxygen atoms in total. The standard InChI is InChI=1S/C18H19ClO2S/c1-6-8-9-13(5)14(7-2)21-18(20)17(12(3)4)15-10-11-16(19)22-15/h1-2,9-12,14,17H,8H2,3-5H3. The maximum absolute atomic E-state index is 12.5. The minimum atomic E-state index is -0.697. The van der Waals surface area contributed by atoms with Gasteiger partial charge in [0.1, 0.15) is 0 Å². The third-order valence-corrected chi connectivity index (χ3v) is 4.48. The molecular weight excluding hydrogens is 316 g/mol. The van der Waals surface area contributed by atoms with Crippen molar-refractivity contribution in [3.8, 4) is 24.7 Å². The summed E-state index contributed by atoms with van der Waals surface area (Å²) in [6, 6.07) is 3.63. The van der Waals surface area contributed by atoms with Crippen molar-refractivity contribution in [2.75, 3.05) is 0 Å². The van der Waals surface area contributed by atoms with E-state index < -0.39 is 6.10 Å². The van der Waals surface area contributed by atoms with Crippen LogP contribution in [0.5, 0.6) is 0 Å². The lowest BCUT2D eigenvalue weighted by molar-refractivity contribution is -0.148. The molecule has 0 N–H and O–H groups in total. The molecule has 0 saturated heterocycles. The lowest BCUT2D eigenvalue weighted by atomic mass is 9.94. The van der Waals surface area contributed by atoms with Crippen LogP contribution in [-0.4, -0.2) is 12.1 Å². The summed E-state index contributed by atoms with van der Waals surface area (Å²) in [7, 11) is 0. The molecule has 4 heteroatoms. The molecule has 0 radical (unpaired) electrons. The third kappa shape index (κ3) is 4.95. The Morgan fingerprint density at radius 1 is 1.45 bits per heavy atom. The van der Waals surface area contributed by atoms with Crippen LogP contribution < -0.4 is 0 Å². The predicted molar refractivity (Wildman–Crippen MR) is 92.8 cm³/mol. The van der Waals surface area contributed by atoms with Crippen molar-refractivity contribution in [1.82, 2.24) is 0 Å². The van der Waals surface area contributed by atoms with Gasteiger partial charge < -0.3 is 4.74 Å². The van der Waals surface area contributed by atoms with Gasteiger partial charge in [-0.05, 0) is 30.5 Å². The lowest BCUT2D eigenvalue weighted by Gasteiger charge is -2.21. The summed E-state index contributed by atoms with van der Waals surface area (Å²) in [5.41, 5.74) is 0.764. The first kappa shape index (κ1) is 18.4. The van der Waals surface area contributed by atoms with Crippen LogP contribution in [0.3, 0.4) is 0 Å². The fraction of sp³-hybridized carbons (Fsp3) is 0.389. The van der Waals surface area contributed by atoms with E-state index in [-0.39, 0.29) is 17.8 Å². The second-order valence-electron chi connectivity index (χ2n) is 5.20. The van der Waals surface area contributed by atoms with Gasteiger partial charge in [-0.15, -0.1) is 30.1 Å². The van der Waals surface area contributed by atoms with Crippen LogP contribution in [0.25, 0.3) is 0 Å². The van der Waals surface area contributed by atoms with E-state index in [9.17, 15) is 4.79 Å². The van der Waals surface area contributed by atoms with Crippen LogP contribution in [0.2, 0.25) is 4.34 Å². The maximum Gasteiger partial charge on any atom is 0.316 e. The molecule has 0 saturated carbocycles. The molecule has 2 atom stereocenters. The first-order valence-corrected chi connectivity index (χ1v) is 8.12. The molecule has 22 heavy (non-hydrogen) atoms. The van der Waals surface area contributed by atoms with Crippen LogP contribution >= 0.6 is 22.9 Å². The van der Waals surface area contributed by atoms with E-state index in [1.165, 1.54) is 11.3 Å². The van der Waals surface area contributed by atoms with Crippen LogP contribution in [0.1, 0.15) is 38.0 Å². The molecule has 1 aromatic rings. The monoisotopic (exact) mass is 334 g/mol. The van der Waals surface area contributed by atoms with Gasteiger partial charge in [-0.25, -0.2) is 0 Å². The fourth-order valence-corrected chi connectivity index (χ4v) is 3.31. The summed E-state index contributed by atoms with van der Waals surface area (Å²) in [5.74, 6) is 4.35. The number of hydrogen-bond acceptors (Lipinski definition) is 3. The number of hydrogen-bond donors (Lipinski definition) is 0. The molecule has 116 valence electrons. The highest BCUT2D eigenvalue weighted by atomic mass is 35.5. The number of ether oxygens (including phenoxy) is 1. The van der Waals surface area contributed by atoms with Gasteiger partial charge >= 0.3 is 5.97 Å². The summed E-state index contributed by atoms with van der Waals surface area (Å²) in [6.45, 7) is 5.73. The van der Waals surface area contributed by atoms with Gasteiger partial charge in [0.05, 0.1) is 10.3 Å². The van der Waals surface area contributed by atoms with Gasteiger partial charge in [-0.1, -0.05) is 37.4 Å². The third-order valence-electron chi connectivity index (χ3n) is 3.16. The Kier molecular flexibility index (Phi) is 7.25.